The predicted molar refractivity (Wildman–Crippen MR) is 117 cm³/mol. The second-order valence-corrected chi connectivity index (χ2v) is 7.25. The molecule has 0 radical (unpaired) electrons. The number of anilines is 3. The smallest absolute Gasteiger partial charge is 0.276 e. The maximum absolute atomic E-state index is 12.9. The van der Waals surface area contributed by atoms with Crippen molar-refractivity contribution in [1.29, 1.82) is 0 Å². The highest BCUT2D eigenvalue weighted by Gasteiger charge is 2.21. The van der Waals surface area contributed by atoms with Gasteiger partial charge in [0, 0.05) is 50.8 Å². The monoisotopic (exact) mass is 387 g/mol. The van der Waals surface area contributed by atoms with E-state index in [-0.39, 0.29) is 5.91 Å². The van der Waals surface area contributed by atoms with Crippen molar-refractivity contribution in [2.75, 3.05) is 47.9 Å². The summed E-state index contributed by atoms with van der Waals surface area (Å²) in [5, 5.41) is 0. The van der Waals surface area contributed by atoms with Gasteiger partial charge in [0.25, 0.3) is 5.91 Å². The van der Waals surface area contributed by atoms with Crippen LogP contribution in [0.4, 0.5) is 17.3 Å². The highest BCUT2D eigenvalue weighted by molar-refractivity contribution is 6.04. The summed E-state index contributed by atoms with van der Waals surface area (Å²) in [6.45, 7) is 5.55. The minimum absolute atomic E-state index is 0.141. The highest BCUT2D eigenvalue weighted by Crippen LogP contribution is 2.20. The van der Waals surface area contributed by atoms with Crippen LogP contribution in [0, 0.1) is 6.92 Å². The lowest BCUT2D eigenvalue weighted by Gasteiger charge is -2.36. The third-order valence-corrected chi connectivity index (χ3v) is 5.24. The molecule has 6 nitrogen and oxygen atoms in total. The second-order valence-electron chi connectivity index (χ2n) is 7.25. The maximum Gasteiger partial charge on any atom is 0.276 e. The van der Waals surface area contributed by atoms with Crippen molar-refractivity contribution in [2.45, 2.75) is 6.92 Å². The van der Waals surface area contributed by atoms with Crippen LogP contribution in [0.2, 0.25) is 0 Å². The standard InChI is InChI=1S/C23H25N5O/c1-18-7-6-10-20(17-18)27-13-15-28(16-14-27)23-24-12-11-21(25-23)22(29)26(2)19-8-4-3-5-9-19/h3-12,17H,13-16H2,1-2H3. The summed E-state index contributed by atoms with van der Waals surface area (Å²) < 4.78 is 0. The highest BCUT2D eigenvalue weighted by atomic mass is 16.2. The largest absolute Gasteiger partial charge is 0.368 e. The average Bonchev–Trinajstić information content (AvgIpc) is 2.79. The van der Waals surface area contributed by atoms with Gasteiger partial charge in [-0.2, -0.15) is 0 Å². The number of para-hydroxylation sites is 1. The van der Waals surface area contributed by atoms with E-state index in [9.17, 15) is 4.79 Å². The molecule has 0 aliphatic carbocycles. The van der Waals surface area contributed by atoms with Crippen molar-refractivity contribution in [3.05, 3.63) is 78.1 Å². The molecule has 0 atom stereocenters. The normalized spacial score (nSPS) is 14.0. The van der Waals surface area contributed by atoms with Gasteiger partial charge in [-0.3, -0.25) is 4.79 Å². The molecule has 3 aromatic rings. The number of nitrogens with zero attached hydrogens (tertiary/aromatic N) is 5. The van der Waals surface area contributed by atoms with Gasteiger partial charge in [0.15, 0.2) is 0 Å². The van der Waals surface area contributed by atoms with E-state index in [2.05, 4.69) is 51.0 Å². The number of hydrogen-bond acceptors (Lipinski definition) is 5. The summed E-state index contributed by atoms with van der Waals surface area (Å²) in [6.07, 6.45) is 1.67. The number of piperazine rings is 1. The fourth-order valence-electron chi connectivity index (χ4n) is 3.55. The Kier molecular flexibility index (Phi) is 5.42. The molecule has 2 heterocycles. The molecule has 1 amide bonds. The molecule has 4 rings (SSSR count). The molecule has 6 heteroatoms. The fraction of sp³-hybridized carbons (Fsp3) is 0.261. The van der Waals surface area contributed by atoms with Gasteiger partial charge in [-0.25, -0.2) is 9.97 Å². The second kappa shape index (κ2) is 8.31. The lowest BCUT2D eigenvalue weighted by atomic mass is 10.2. The first-order chi connectivity index (χ1) is 14.1. The maximum atomic E-state index is 12.9. The van der Waals surface area contributed by atoms with E-state index in [1.54, 1.807) is 24.2 Å². The van der Waals surface area contributed by atoms with Crippen molar-refractivity contribution >= 4 is 23.2 Å². The minimum Gasteiger partial charge on any atom is -0.368 e. The number of benzene rings is 2. The summed E-state index contributed by atoms with van der Waals surface area (Å²) >= 11 is 0. The van der Waals surface area contributed by atoms with Crippen molar-refractivity contribution in [2.24, 2.45) is 0 Å². The Balaban J connectivity index is 1.45. The van der Waals surface area contributed by atoms with Crippen molar-refractivity contribution in [3.63, 3.8) is 0 Å². The van der Waals surface area contributed by atoms with Crippen LogP contribution >= 0.6 is 0 Å². The SMILES string of the molecule is Cc1cccc(N2CCN(c3nccc(C(=O)N(C)c4ccccc4)n3)CC2)c1. The minimum atomic E-state index is -0.141. The van der Waals surface area contributed by atoms with Crippen molar-refractivity contribution in [1.82, 2.24) is 9.97 Å². The Morgan fingerprint density at radius 2 is 1.66 bits per heavy atom. The first-order valence-corrected chi connectivity index (χ1v) is 9.84. The molecule has 0 unspecified atom stereocenters. The van der Waals surface area contributed by atoms with Crippen LogP contribution in [0.3, 0.4) is 0 Å². The number of carbonyl (C=O) groups excluding carboxylic acids is 1. The van der Waals surface area contributed by atoms with Crippen molar-refractivity contribution < 1.29 is 4.79 Å². The summed E-state index contributed by atoms with van der Waals surface area (Å²) in [7, 11) is 1.76. The van der Waals surface area contributed by atoms with E-state index in [1.807, 2.05) is 30.3 Å². The van der Waals surface area contributed by atoms with Crippen LogP contribution in [0.5, 0.6) is 0 Å². The average molecular weight is 387 g/mol. The first-order valence-electron chi connectivity index (χ1n) is 9.84. The van der Waals surface area contributed by atoms with Gasteiger partial charge < -0.3 is 14.7 Å². The molecule has 1 saturated heterocycles. The van der Waals surface area contributed by atoms with Gasteiger partial charge in [-0.15, -0.1) is 0 Å². The van der Waals surface area contributed by atoms with Gasteiger partial charge >= 0.3 is 0 Å². The zero-order valence-electron chi connectivity index (χ0n) is 16.8. The third kappa shape index (κ3) is 4.21. The van der Waals surface area contributed by atoms with Crippen LogP contribution in [0.25, 0.3) is 0 Å². The molecular formula is C23H25N5O. The number of aryl methyl sites for hydroxylation is 1. The topological polar surface area (TPSA) is 52.6 Å². The molecule has 1 fully saturated rings. The van der Waals surface area contributed by atoms with Crippen LogP contribution in [0.15, 0.2) is 66.9 Å². The molecule has 1 aliphatic heterocycles. The zero-order valence-corrected chi connectivity index (χ0v) is 16.8. The number of amides is 1. The zero-order chi connectivity index (χ0) is 20.2. The summed E-state index contributed by atoms with van der Waals surface area (Å²) in [6, 6.07) is 19.8. The van der Waals surface area contributed by atoms with Crippen LogP contribution in [-0.4, -0.2) is 49.1 Å². The van der Waals surface area contributed by atoms with Gasteiger partial charge in [0.05, 0.1) is 0 Å². The number of hydrogen-bond donors (Lipinski definition) is 0. The molecule has 0 bridgehead atoms. The van der Waals surface area contributed by atoms with E-state index < -0.39 is 0 Å². The Morgan fingerprint density at radius 3 is 2.38 bits per heavy atom. The summed E-state index contributed by atoms with van der Waals surface area (Å²) in [5.74, 6) is 0.472. The van der Waals surface area contributed by atoms with Crippen LogP contribution < -0.4 is 14.7 Å². The number of aromatic nitrogens is 2. The van der Waals surface area contributed by atoms with E-state index in [1.165, 1.54) is 11.3 Å². The molecule has 2 aromatic carbocycles. The van der Waals surface area contributed by atoms with E-state index in [0.29, 0.717) is 11.6 Å². The molecule has 29 heavy (non-hydrogen) atoms. The van der Waals surface area contributed by atoms with Crippen LogP contribution in [-0.2, 0) is 0 Å². The Bertz CT molecular complexity index is 983. The lowest BCUT2D eigenvalue weighted by molar-refractivity contribution is 0.0988. The third-order valence-electron chi connectivity index (χ3n) is 5.24. The Morgan fingerprint density at radius 1 is 0.931 bits per heavy atom. The summed E-state index contributed by atoms with van der Waals surface area (Å²) in [5.41, 5.74) is 3.76. The number of rotatable bonds is 4. The molecular weight excluding hydrogens is 362 g/mol. The molecule has 1 aromatic heterocycles. The van der Waals surface area contributed by atoms with Gasteiger partial charge in [0.2, 0.25) is 5.95 Å². The van der Waals surface area contributed by atoms with Gasteiger partial charge in [0.1, 0.15) is 5.69 Å². The Labute approximate surface area is 171 Å². The van der Waals surface area contributed by atoms with E-state index in [0.717, 1.165) is 31.9 Å². The molecule has 0 spiro atoms. The van der Waals surface area contributed by atoms with Gasteiger partial charge in [-0.1, -0.05) is 30.3 Å². The van der Waals surface area contributed by atoms with E-state index >= 15 is 0 Å². The molecule has 0 saturated carbocycles. The van der Waals surface area contributed by atoms with E-state index in [4.69, 9.17) is 0 Å². The predicted octanol–water partition coefficient (Wildman–Crippen LogP) is 3.39. The molecule has 0 N–H and O–H groups in total. The quantitative estimate of drug-likeness (QED) is 0.687. The Hall–Kier alpha value is -3.41. The molecule has 1 aliphatic rings. The van der Waals surface area contributed by atoms with Crippen LogP contribution in [0.1, 0.15) is 16.1 Å². The molecule has 148 valence electrons. The number of carbonyl (C=O) groups is 1. The first kappa shape index (κ1) is 18.9. The van der Waals surface area contributed by atoms with Gasteiger partial charge in [-0.05, 0) is 42.8 Å². The fourth-order valence-corrected chi connectivity index (χ4v) is 3.55. The van der Waals surface area contributed by atoms with Crippen molar-refractivity contribution in [3.8, 4) is 0 Å². The summed E-state index contributed by atoms with van der Waals surface area (Å²) in [4.78, 5) is 28.0. The lowest BCUT2D eigenvalue weighted by Crippen LogP contribution is -2.47.